The Kier molecular flexibility index (Phi) is 7.90. The topological polar surface area (TPSA) is 40.6 Å². The molecule has 2 aliphatic heterocycles. The van der Waals surface area contributed by atoms with E-state index in [0.29, 0.717) is 34.7 Å². The van der Waals surface area contributed by atoms with E-state index in [0.717, 1.165) is 37.8 Å². The normalized spacial score (nSPS) is 21.3. The molecule has 0 bridgehead atoms. The van der Waals surface area contributed by atoms with Crippen LogP contribution in [0.4, 0.5) is 0 Å². The van der Waals surface area contributed by atoms with Gasteiger partial charge in [-0.15, -0.1) is 0 Å². The fourth-order valence-electron chi connectivity index (χ4n) is 3.98. The van der Waals surface area contributed by atoms with E-state index < -0.39 is 0 Å². The van der Waals surface area contributed by atoms with Crippen molar-refractivity contribution in [1.29, 1.82) is 0 Å². The monoisotopic (exact) mass is 430 g/mol. The minimum absolute atomic E-state index is 0.0450. The molecule has 1 unspecified atom stereocenters. The second kappa shape index (κ2) is 10.4. The number of aryl methyl sites for hydroxylation is 1. The van der Waals surface area contributed by atoms with Crippen LogP contribution in [0.1, 0.15) is 63.5 Å². The van der Waals surface area contributed by atoms with Crippen molar-refractivity contribution in [2.24, 2.45) is 0 Å². The smallest absolute Gasteiger partial charge is 0.266 e. The van der Waals surface area contributed by atoms with Crippen LogP contribution in [0.5, 0.6) is 0 Å². The van der Waals surface area contributed by atoms with Gasteiger partial charge in [0, 0.05) is 25.6 Å². The van der Waals surface area contributed by atoms with Crippen LogP contribution in [0.25, 0.3) is 6.08 Å². The number of thiocarbonyl (C=S) groups is 1. The third-order valence-electron chi connectivity index (χ3n) is 5.75. The Morgan fingerprint density at radius 2 is 2.00 bits per heavy atom. The number of hydrogen-bond donors (Lipinski definition) is 0. The Morgan fingerprint density at radius 1 is 1.24 bits per heavy atom. The molecule has 0 N–H and O–H groups in total. The van der Waals surface area contributed by atoms with Crippen molar-refractivity contribution in [3.05, 3.63) is 40.3 Å². The molecule has 2 saturated heterocycles. The lowest BCUT2D eigenvalue weighted by Crippen LogP contribution is -2.43. The van der Waals surface area contributed by atoms with Crippen LogP contribution >= 0.6 is 24.0 Å². The average molecular weight is 431 g/mol. The van der Waals surface area contributed by atoms with E-state index >= 15 is 0 Å². The number of likely N-dealkylation sites (tertiary alicyclic amines) is 1. The van der Waals surface area contributed by atoms with Crippen LogP contribution in [0.15, 0.2) is 29.2 Å². The number of hydrogen-bond acceptors (Lipinski definition) is 4. The van der Waals surface area contributed by atoms with Crippen molar-refractivity contribution >= 4 is 46.2 Å². The number of thioether (sulfide) groups is 1. The number of carbonyl (C=O) groups excluding carboxylic acids is 2. The summed E-state index contributed by atoms with van der Waals surface area (Å²) in [4.78, 5) is 29.8. The average Bonchev–Trinajstić information content (AvgIpc) is 3.01. The number of rotatable bonds is 7. The Balaban J connectivity index is 1.54. The van der Waals surface area contributed by atoms with E-state index in [1.807, 2.05) is 23.1 Å². The molecule has 0 spiro atoms. The first kappa shape index (κ1) is 22.0. The van der Waals surface area contributed by atoms with Crippen molar-refractivity contribution in [1.82, 2.24) is 9.80 Å². The lowest BCUT2D eigenvalue weighted by atomic mass is 9.99. The number of benzene rings is 1. The number of carbonyl (C=O) groups is 2. The zero-order chi connectivity index (χ0) is 20.8. The predicted molar refractivity (Wildman–Crippen MR) is 125 cm³/mol. The second-order valence-electron chi connectivity index (χ2n) is 7.68. The molecule has 0 aromatic heterocycles. The van der Waals surface area contributed by atoms with Gasteiger partial charge in [-0.25, -0.2) is 0 Å². The van der Waals surface area contributed by atoms with Gasteiger partial charge in [-0.3, -0.25) is 14.5 Å². The first-order valence-electron chi connectivity index (χ1n) is 10.7. The minimum atomic E-state index is -0.0450. The number of piperidine rings is 1. The maximum Gasteiger partial charge on any atom is 0.266 e. The fraction of sp³-hybridized carbons (Fsp3) is 0.522. The van der Waals surface area contributed by atoms with E-state index in [4.69, 9.17) is 12.2 Å². The van der Waals surface area contributed by atoms with Crippen LogP contribution in [0, 0.1) is 0 Å². The van der Waals surface area contributed by atoms with E-state index in [1.165, 1.54) is 23.7 Å². The Labute approximate surface area is 183 Å². The molecule has 156 valence electrons. The molecule has 1 aromatic rings. The van der Waals surface area contributed by atoms with Crippen LogP contribution < -0.4 is 0 Å². The molecular weight excluding hydrogens is 400 g/mol. The second-order valence-corrected chi connectivity index (χ2v) is 9.35. The summed E-state index contributed by atoms with van der Waals surface area (Å²) >= 11 is 6.78. The Hall–Kier alpha value is -1.66. The molecule has 0 radical (unpaired) electrons. The van der Waals surface area contributed by atoms with Crippen molar-refractivity contribution in [3.8, 4) is 0 Å². The lowest BCUT2D eigenvalue weighted by Gasteiger charge is -2.35. The molecule has 0 saturated carbocycles. The van der Waals surface area contributed by atoms with Crippen LogP contribution in [-0.4, -0.2) is 45.1 Å². The van der Waals surface area contributed by atoms with Gasteiger partial charge in [-0.2, -0.15) is 0 Å². The molecule has 29 heavy (non-hydrogen) atoms. The van der Waals surface area contributed by atoms with Gasteiger partial charge in [-0.05, 0) is 55.7 Å². The Morgan fingerprint density at radius 3 is 2.69 bits per heavy atom. The van der Waals surface area contributed by atoms with Crippen LogP contribution in [-0.2, 0) is 16.0 Å². The van der Waals surface area contributed by atoms with Crippen molar-refractivity contribution < 1.29 is 9.59 Å². The van der Waals surface area contributed by atoms with Crippen LogP contribution in [0.3, 0.4) is 0 Å². The molecule has 2 amide bonds. The SMILES string of the molecule is CCc1ccc(C=C2SC(=S)N(CCCC(=O)N3CCCCC3CC)C2=O)cc1. The van der Waals surface area contributed by atoms with E-state index in [1.54, 1.807) is 4.90 Å². The molecule has 3 rings (SSSR count). The molecule has 2 aliphatic rings. The first-order valence-corrected chi connectivity index (χ1v) is 11.9. The predicted octanol–water partition coefficient (Wildman–Crippen LogP) is 5.02. The lowest BCUT2D eigenvalue weighted by molar-refractivity contribution is -0.135. The van der Waals surface area contributed by atoms with E-state index in [9.17, 15) is 9.59 Å². The largest absolute Gasteiger partial charge is 0.340 e. The third-order valence-corrected chi connectivity index (χ3v) is 7.13. The maximum absolute atomic E-state index is 12.8. The van der Waals surface area contributed by atoms with Gasteiger partial charge in [0.05, 0.1) is 4.91 Å². The molecule has 1 aromatic carbocycles. The maximum atomic E-state index is 12.8. The fourth-order valence-corrected chi connectivity index (χ4v) is 5.29. The summed E-state index contributed by atoms with van der Waals surface area (Å²) in [5.41, 5.74) is 2.28. The van der Waals surface area contributed by atoms with Gasteiger partial charge in [0.15, 0.2) is 0 Å². The van der Waals surface area contributed by atoms with Gasteiger partial charge in [-0.1, -0.05) is 62.1 Å². The highest BCUT2D eigenvalue weighted by molar-refractivity contribution is 8.26. The van der Waals surface area contributed by atoms with Gasteiger partial charge in [0.25, 0.3) is 5.91 Å². The van der Waals surface area contributed by atoms with Crippen molar-refractivity contribution in [3.63, 3.8) is 0 Å². The highest BCUT2D eigenvalue weighted by Gasteiger charge is 2.32. The molecule has 4 nitrogen and oxygen atoms in total. The van der Waals surface area contributed by atoms with E-state index in [2.05, 4.69) is 26.0 Å². The summed E-state index contributed by atoms with van der Waals surface area (Å²) in [7, 11) is 0. The first-order chi connectivity index (χ1) is 14.0. The zero-order valence-electron chi connectivity index (χ0n) is 17.4. The highest BCUT2D eigenvalue weighted by Crippen LogP contribution is 2.33. The summed E-state index contributed by atoms with van der Waals surface area (Å²) in [5.74, 6) is 0.171. The molecule has 6 heteroatoms. The molecule has 2 fully saturated rings. The number of amides is 2. The molecule has 1 atom stereocenters. The summed E-state index contributed by atoms with van der Waals surface area (Å²) in [6.07, 6.45) is 8.47. The van der Waals surface area contributed by atoms with Gasteiger partial charge < -0.3 is 4.90 Å². The van der Waals surface area contributed by atoms with E-state index in [-0.39, 0.29) is 11.8 Å². The van der Waals surface area contributed by atoms with Crippen molar-refractivity contribution in [2.75, 3.05) is 13.1 Å². The summed E-state index contributed by atoms with van der Waals surface area (Å²) in [5, 5.41) is 0. The zero-order valence-corrected chi connectivity index (χ0v) is 19.0. The quantitative estimate of drug-likeness (QED) is 0.450. The summed E-state index contributed by atoms with van der Waals surface area (Å²) < 4.78 is 0.586. The molecule has 2 heterocycles. The van der Waals surface area contributed by atoms with Gasteiger partial charge >= 0.3 is 0 Å². The number of nitrogens with zero attached hydrogens (tertiary/aromatic N) is 2. The minimum Gasteiger partial charge on any atom is -0.340 e. The third kappa shape index (κ3) is 5.48. The molecular formula is C23H30N2O2S2. The van der Waals surface area contributed by atoms with Crippen LogP contribution in [0.2, 0.25) is 0 Å². The molecule has 0 aliphatic carbocycles. The Bertz CT molecular complexity index is 789. The van der Waals surface area contributed by atoms with Gasteiger partial charge in [0.2, 0.25) is 5.91 Å². The summed E-state index contributed by atoms with van der Waals surface area (Å²) in [6.45, 7) is 5.65. The highest BCUT2D eigenvalue weighted by atomic mass is 32.2. The summed E-state index contributed by atoms with van der Waals surface area (Å²) in [6, 6.07) is 8.62. The van der Waals surface area contributed by atoms with Gasteiger partial charge in [0.1, 0.15) is 4.32 Å². The van der Waals surface area contributed by atoms with Crippen molar-refractivity contribution in [2.45, 2.75) is 64.8 Å². The standard InChI is InChI=1S/C23H30N2O2S2/c1-3-17-10-12-18(13-11-17)16-20-22(27)25(23(28)29-20)15-7-9-21(26)24-14-6-5-8-19(24)4-2/h10-13,16,19H,3-9,14-15H2,1-2H3.